The smallest absolute Gasteiger partial charge is 1.00 e. The predicted octanol–water partition coefficient (Wildman–Crippen LogP) is 3.34. The molecule has 0 spiro atoms. The van der Waals surface area contributed by atoms with Crippen LogP contribution in [0.4, 0.5) is 0 Å². The second-order valence-electron chi connectivity index (χ2n) is 11.1. The minimum atomic E-state index is -2.72. The molecule has 0 radical (unpaired) electrons. The third kappa shape index (κ3) is 5.19. The van der Waals surface area contributed by atoms with Crippen molar-refractivity contribution in [2.45, 2.75) is 28.0 Å². The summed E-state index contributed by atoms with van der Waals surface area (Å²) in [6, 6.07) is 43.8. The molecule has 0 aliphatic heterocycles. The summed E-state index contributed by atoms with van der Waals surface area (Å²) in [5.41, 5.74) is 15.8. The summed E-state index contributed by atoms with van der Waals surface area (Å²) in [6.45, 7) is 6.82. The summed E-state index contributed by atoms with van der Waals surface area (Å²) in [5, 5.41) is 0. The molecule has 3 heteroatoms. The average Bonchev–Trinajstić information content (AvgIpc) is 3.52. The maximum atomic E-state index is 2.57. The molecule has 0 heterocycles. The van der Waals surface area contributed by atoms with Crippen molar-refractivity contribution in [3.05, 3.63) is 171 Å². The first-order chi connectivity index (χ1) is 19.1. The monoisotopic (exact) mass is 648 g/mol. The van der Waals surface area contributed by atoms with Gasteiger partial charge in [0.2, 0.25) is 0 Å². The Hall–Kier alpha value is -2.83. The summed E-state index contributed by atoms with van der Waals surface area (Å²) in [7, 11) is 0. The molecule has 0 nitrogen and oxygen atoms in total. The van der Waals surface area contributed by atoms with Gasteiger partial charge in [-0.1, -0.05) is 0 Å². The van der Waals surface area contributed by atoms with Gasteiger partial charge in [-0.3, -0.25) is 0 Å². The molecule has 2 aliphatic rings. The molecule has 0 aromatic heterocycles. The maximum Gasteiger partial charge on any atom is -1.00 e. The van der Waals surface area contributed by atoms with Crippen molar-refractivity contribution in [2.75, 3.05) is 0 Å². The van der Waals surface area contributed by atoms with Crippen LogP contribution in [0, 0.1) is 20.8 Å². The third-order valence-electron chi connectivity index (χ3n) is 8.52. The molecule has 0 fully saturated rings. The van der Waals surface area contributed by atoms with E-state index in [9.17, 15) is 0 Å². The molecule has 0 saturated carbocycles. The second-order valence-corrected chi connectivity index (χ2v) is 17.5. The van der Waals surface area contributed by atoms with Crippen LogP contribution in [0.5, 0.6) is 0 Å². The summed E-state index contributed by atoms with van der Waals surface area (Å²) in [6.07, 6.45) is 4.98. The van der Waals surface area contributed by atoms with Gasteiger partial charge in [0.05, 0.1) is 0 Å². The molecule has 41 heavy (non-hydrogen) atoms. The van der Waals surface area contributed by atoms with Gasteiger partial charge < -0.3 is 24.8 Å². The molecule has 0 saturated heterocycles. The van der Waals surface area contributed by atoms with Crippen molar-refractivity contribution in [3.63, 3.8) is 0 Å². The topological polar surface area (TPSA) is 0 Å². The van der Waals surface area contributed by atoms with E-state index in [-0.39, 0.29) is 24.8 Å². The van der Waals surface area contributed by atoms with Crippen molar-refractivity contribution in [1.29, 1.82) is 0 Å². The average molecular weight is 651 g/mol. The fraction of sp³-hybridized carbons (Fsp3) is 0.132. The van der Waals surface area contributed by atoms with E-state index in [1.165, 1.54) is 44.5 Å². The zero-order chi connectivity index (χ0) is 26.5. The minimum Gasteiger partial charge on any atom is -1.00 e. The normalized spacial score (nSPS) is 14.1. The first-order valence-electron chi connectivity index (χ1n) is 13.9. The van der Waals surface area contributed by atoms with Crippen molar-refractivity contribution in [1.82, 2.24) is 0 Å². The van der Waals surface area contributed by atoms with E-state index in [4.69, 9.17) is 0 Å². The van der Waals surface area contributed by atoms with Gasteiger partial charge in [0.1, 0.15) is 0 Å². The molecule has 1 unspecified atom stereocenters. The van der Waals surface area contributed by atoms with Crippen LogP contribution < -0.4 is 24.8 Å². The first-order valence-corrected chi connectivity index (χ1v) is 18.0. The van der Waals surface area contributed by atoms with Gasteiger partial charge in [-0.25, -0.2) is 0 Å². The predicted molar refractivity (Wildman–Crippen MR) is 162 cm³/mol. The zero-order valence-corrected chi connectivity index (χ0v) is 27.5. The Bertz CT molecular complexity index is 1690. The van der Waals surface area contributed by atoms with Gasteiger partial charge in [0.15, 0.2) is 0 Å². The number of fused-ring (bicyclic) bond motifs is 4. The molecule has 5 aromatic rings. The number of allylic oxidation sites excluding steroid dienone is 1. The van der Waals surface area contributed by atoms with E-state index in [1.807, 2.05) is 0 Å². The molecule has 0 bridgehead atoms. The van der Waals surface area contributed by atoms with E-state index in [1.54, 1.807) is 19.9 Å². The van der Waals surface area contributed by atoms with Gasteiger partial charge in [0.25, 0.3) is 0 Å². The summed E-state index contributed by atoms with van der Waals surface area (Å²) < 4.78 is 2.52. The van der Waals surface area contributed by atoms with Crippen LogP contribution in [-0.2, 0) is 21.3 Å². The van der Waals surface area contributed by atoms with Crippen LogP contribution in [0.1, 0.15) is 57.3 Å². The van der Waals surface area contributed by atoms with Crippen molar-refractivity contribution >= 4 is 9.28 Å². The Morgan fingerprint density at radius 1 is 0.585 bits per heavy atom. The quantitative estimate of drug-likeness (QED) is 0.280. The third-order valence-corrected chi connectivity index (χ3v) is 17.2. The van der Waals surface area contributed by atoms with Crippen molar-refractivity contribution in [2.24, 2.45) is 0 Å². The number of hydrogen-bond donors (Lipinski definition) is 0. The van der Waals surface area contributed by atoms with Gasteiger partial charge in [-0.05, 0) is 0 Å². The molecule has 7 rings (SSSR count). The molecule has 0 amide bonds. The number of aryl methyl sites for hydroxylation is 3. The second kappa shape index (κ2) is 12.2. The zero-order valence-electron chi connectivity index (χ0n) is 23.5. The minimum absolute atomic E-state index is 0. The van der Waals surface area contributed by atoms with E-state index in [0.717, 1.165) is 0 Å². The Balaban J connectivity index is 0.00000169. The van der Waals surface area contributed by atoms with Crippen LogP contribution in [0.25, 0.3) is 17.2 Å². The number of rotatable bonds is 4. The number of benzene rings is 5. The van der Waals surface area contributed by atoms with E-state index >= 15 is 0 Å². The van der Waals surface area contributed by atoms with Crippen LogP contribution in [-0.4, -0.2) is 3.21 Å². The fourth-order valence-electron chi connectivity index (χ4n) is 6.85. The molecule has 0 N–H and O–H groups in total. The van der Waals surface area contributed by atoms with Gasteiger partial charge in [-0.15, -0.1) is 0 Å². The number of halogens is 2. The largest absolute Gasteiger partial charge is 1.00 e. The summed E-state index contributed by atoms with van der Waals surface area (Å²) >= 11 is -2.72. The summed E-state index contributed by atoms with van der Waals surface area (Å²) in [4.78, 5) is 0. The van der Waals surface area contributed by atoms with Crippen LogP contribution in [0.15, 0.2) is 121 Å². The molecule has 5 aromatic carbocycles. The Labute approximate surface area is 264 Å². The Morgan fingerprint density at radius 3 is 1.66 bits per heavy atom. The first kappa shape index (κ1) is 29.7. The maximum absolute atomic E-state index is 2.72. The van der Waals surface area contributed by atoms with Gasteiger partial charge in [0, 0.05) is 0 Å². The summed E-state index contributed by atoms with van der Waals surface area (Å²) in [5.74, 6) is 0. The SMILES string of the molecule is Cc1ccc2c(c1)[CH]([Zr+2](=[C](c1ccccc1)c1ccccc1)[CH]1C=Cc3cccc(C)c31)c1cc(C)ccc1-2.[Cl-].[Cl-]. The molecule has 2 aliphatic carbocycles. The van der Waals surface area contributed by atoms with E-state index in [0.29, 0.717) is 7.25 Å². The van der Waals surface area contributed by atoms with Crippen molar-refractivity contribution in [3.8, 4) is 11.1 Å². The van der Waals surface area contributed by atoms with Crippen molar-refractivity contribution < 1.29 is 46.1 Å². The molecule has 1 atom stereocenters. The van der Waals surface area contributed by atoms with Gasteiger partial charge >= 0.3 is 241 Å². The standard InChI is InChI=1S/C15H13.C13H10.C10H9.2ClH.Zr/c1-10-3-5-14-12(7-10)9-13-8-11(2)4-6-15(13)14;1-3-7-12(8-4-1)11-13-9-5-2-6-10-13;1-8-4-2-5-9-6-3-7-10(8)9;;;/h3-9H,1-2H3;1-10H;2-7H,1H3;2*1H;/q;;;;;+2/p-2. The van der Waals surface area contributed by atoms with Crippen LogP contribution in [0.3, 0.4) is 0 Å². The van der Waals surface area contributed by atoms with Crippen LogP contribution >= 0.6 is 0 Å². The fourth-order valence-corrected chi connectivity index (χ4v) is 17.0. The number of hydrogen-bond acceptors (Lipinski definition) is 0. The van der Waals surface area contributed by atoms with E-state index < -0.39 is 21.3 Å². The molecular formula is C38H32Cl2Zr. The Kier molecular flexibility index (Phi) is 8.82. The van der Waals surface area contributed by atoms with E-state index in [2.05, 4.69) is 148 Å². The Morgan fingerprint density at radius 2 is 1.12 bits per heavy atom. The molecule has 202 valence electrons. The van der Waals surface area contributed by atoms with Crippen LogP contribution in [0.2, 0.25) is 0 Å². The van der Waals surface area contributed by atoms with Gasteiger partial charge in [-0.2, -0.15) is 0 Å². The molecular weight excluding hydrogens is 619 g/mol.